The number of hydrogen-bond acceptors (Lipinski definition) is 2. The summed E-state index contributed by atoms with van der Waals surface area (Å²) >= 11 is 12.0. The Kier molecular flexibility index (Phi) is 2.88. The second-order valence-electron chi connectivity index (χ2n) is 4.44. The van der Waals surface area contributed by atoms with Crippen LogP contribution in [0.4, 0.5) is 5.82 Å². The fraction of sp³-hybridized carbons (Fsp3) is 0.0714. The van der Waals surface area contributed by atoms with Gasteiger partial charge in [0, 0.05) is 21.8 Å². The van der Waals surface area contributed by atoms with Crippen molar-refractivity contribution in [3.8, 4) is 11.3 Å². The molecule has 0 saturated heterocycles. The lowest BCUT2D eigenvalue weighted by molar-refractivity contribution is 1.18. The maximum Gasteiger partial charge on any atom is 0.139 e. The van der Waals surface area contributed by atoms with Crippen LogP contribution in [0, 0.1) is 6.92 Å². The van der Waals surface area contributed by atoms with Crippen molar-refractivity contribution in [1.82, 2.24) is 9.38 Å². The number of fused-ring (bicyclic) bond motifs is 1. The molecule has 0 spiro atoms. The van der Waals surface area contributed by atoms with Crippen LogP contribution in [0.25, 0.3) is 16.9 Å². The van der Waals surface area contributed by atoms with Crippen LogP contribution in [0.1, 0.15) is 5.56 Å². The molecule has 0 aliphatic carbocycles. The molecule has 3 nitrogen and oxygen atoms in total. The number of nitrogens with two attached hydrogens (primary N) is 1. The Morgan fingerprint density at radius 3 is 2.47 bits per heavy atom. The number of benzene rings is 1. The van der Waals surface area contributed by atoms with Gasteiger partial charge in [-0.1, -0.05) is 23.2 Å². The molecule has 19 heavy (non-hydrogen) atoms. The van der Waals surface area contributed by atoms with Gasteiger partial charge in [0.1, 0.15) is 17.2 Å². The molecule has 2 heterocycles. The minimum absolute atomic E-state index is 0.565. The van der Waals surface area contributed by atoms with Crippen molar-refractivity contribution in [1.29, 1.82) is 0 Å². The Bertz CT molecular complexity index is 757. The van der Waals surface area contributed by atoms with Gasteiger partial charge in [-0.05, 0) is 42.8 Å². The fourth-order valence-electron chi connectivity index (χ4n) is 2.07. The van der Waals surface area contributed by atoms with Gasteiger partial charge in [0.15, 0.2) is 0 Å². The monoisotopic (exact) mass is 291 g/mol. The zero-order chi connectivity index (χ0) is 13.6. The third-order valence-corrected chi connectivity index (χ3v) is 3.39. The Balaban J connectivity index is 2.27. The number of hydrogen-bond donors (Lipinski definition) is 1. The number of anilines is 1. The van der Waals surface area contributed by atoms with Crippen LogP contribution in [0.5, 0.6) is 0 Å². The third-order valence-electron chi connectivity index (χ3n) is 2.95. The number of halogens is 2. The van der Waals surface area contributed by atoms with Gasteiger partial charge in [0.2, 0.25) is 0 Å². The van der Waals surface area contributed by atoms with Crippen LogP contribution < -0.4 is 5.73 Å². The van der Waals surface area contributed by atoms with E-state index in [1.807, 2.05) is 29.7 Å². The number of imidazole rings is 1. The summed E-state index contributed by atoms with van der Waals surface area (Å²) in [6.07, 6.45) is 1.91. The molecule has 0 amide bonds. The second kappa shape index (κ2) is 4.44. The number of aryl methyl sites for hydroxylation is 1. The molecule has 3 rings (SSSR count). The van der Waals surface area contributed by atoms with E-state index in [1.54, 1.807) is 18.2 Å². The lowest BCUT2D eigenvalue weighted by atomic mass is 10.1. The summed E-state index contributed by atoms with van der Waals surface area (Å²) in [4.78, 5) is 4.55. The van der Waals surface area contributed by atoms with Gasteiger partial charge in [-0.3, -0.25) is 4.40 Å². The molecule has 5 heteroatoms. The highest BCUT2D eigenvalue weighted by atomic mass is 35.5. The molecule has 3 aromatic rings. The third kappa shape index (κ3) is 2.15. The Labute approximate surface area is 120 Å². The van der Waals surface area contributed by atoms with Crippen LogP contribution in [0.2, 0.25) is 10.0 Å². The minimum Gasteiger partial charge on any atom is -0.383 e. The zero-order valence-electron chi connectivity index (χ0n) is 10.2. The molecule has 0 radical (unpaired) electrons. The highest BCUT2D eigenvalue weighted by Crippen LogP contribution is 2.31. The van der Waals surface area contributed by atoms with Crippen LogP contribution in [0.3, 0.4) is 0 Å². The summed E-state index contributed by atoms with van der Waals surface area (Å²) in [6.45, 7) is 2.01. The van der Waals surface area contributed by atoms with Crippen molar-refractivity contribution >= 4 is 34.7 Å². The van der Waals surface area contributed by atoms with Gasteiger partial charge in [-0.15, -0.1) is 0 Å². The summed E-state index contributed by atoms with van der Waals surface area (Å²) in [5, 5.41) is 1.13. The summed E-state index contributed by atoms with van der Waals surface area (Å²) in [5.74, 6) is 0.577. The van der Waals surface area contributed by atoms with Crippen LogP contribution in [-0.4, -0.2) is 9.38 Å². The first-order chi connectivity index (χ1) is 9.04. The lowest BCUT2D eigenvalue weighted by Gasteiger charge is -2.01. The van der Waals surface area contributed by atoms with Crippen LogP contribution in [0.15, 0.2) is 36.5 Å². The molecule has 0 atom stereocenters. The van der Waals surface area contributed by atoms with Gasteiger partial charge < -0.3 is 5.73 Å². The van der Waals surface area contributed by atoms with Crippen molar-refractivity contribution in [3.05, 3.63) is 52.1 Å². The van der Waals surface area contributed by atoms with Crippen molar-refractivity contribution in [3.63, 3.8) is 0 Å². The summed E-state index contributed by atoms with van der Waals surface area (Å²) < 4.78 is 1.84. The number of rotatable bonds is 1. The highest BCUT2D eigenvalue weighted by Gasteiger charge is 2.12. The topological polar surface area (TPSA) is 43.3 Å². The normalized spacial score (nSPS) is 11.1. The maximum absolute atomic E-state index is 6.14. The van der Waals surface area contributed by atoms with E-state index in [1.165, 1.54) is 0 Å². The van der Waals surface area contributed by atoms with E-state index in [9.17, 15) is 0 Å². The van der Waals surface area contributed by atoms with E-state index in [2.05, 4.69) is 4.98 Å². The predicted octanol–water partition coefficient (Wildman–Crippen LogP) is 4.20. The molecule has 0 saturated carbocycles. The molecular formula is C14H11Cl2N3. The fourth-order valence-corrected chi connectivity index (χ4v) is 2.59. The van der Waals surface area contributed by atoms with Gasteiger partial charge in [-0.25, -0.2) is 4.98 Å². The van der Waals surface area contributed by atoms with Crippen molar-refractivity contribution in [2.24, 2.45) is 0 Å². The molecule has 0 aliphatic rings. The van der Waals surface area contributed by atoms with E-state index in [0.29, 0.717) is 21.6 Å². The average Bonchev–Trinajstić information content (AvgIpc) is 2.65. The van der Waals surface area contributed by atoms with Crippen LogP contribution in [-0.2, 0) is 0 Å². The van der Waals surface area contributed by atoms with Crippen LogP contribution >= 0.6 is 23.2 Å². The Hall–Kier alpha value is -1.71. The van der Waals surface area contributed by atoms with Gasteiger partial charge >= 0.3 is 0 Å². The predicted molar refractivity (Wildman–Crippen MR) is 79.8 cm³/mol. The van der Waals surface area contributed by atoms with Gasteiger partial charge in [0.05, 0.1) is 0 Å². The molecule has 0 aliphatic heterocycles. The highest BCUT2D eigenvalue weighted by molar-refractivity contribution is 6.35. The molecule has 2 aromatic heterocycles. The first kappa shape index (κ1) is 12.3. The largest absolute Gasteiger partial charge is 0.383 e. The van der Waals surface area contributed by atoms with Crippen molar-refractivity contribution < 1.29 is 0 Å². The number of nitrogens with zero attached hydrogens (tertiary/aromatic N) is 2. The van der Waals surface area contributed by atoms with E-state index in [0.717, 1.165) is 16.8 Å². The first-order valence-corrected chi connectivity index (χ1v) is 6.51. The molecule has 0 unspecified atom stereocenters. The molecule has 96 valence electrons. The molecule has 0 fully saturated rings. The lowest BCUT2D eigenvalue weighted by Crippen LogP contribution is -1.94. The Morgan fingerprint density at radius 2 is 1.79 bits per heavy atom. The summed E-state index contributed by atoms with van der Waals surface area (Å²) in [6, 6.07) is 9.26. The minimum atomic E-state index is 0.565. The standard InChI is InChI=1S/C14H11Cl2N3/c1-8-2-3-19-12(4-8)18-13(14(19)17)9-5-10(15)7-11(16)6-9/h2-7H,17H2,1H3. The van der Waals surface area contributed by atoms with Gasteiger partial charge in [-0.2, -0.15) is 0 Å². The molecular weight excluding hydrogens is 281 g/mol. The average molecular weight is 292 g/mol. The quantitative estimate of drug-likeness (QED) is 0.730. The van der Waals surface area contributed by atoms with E-state index in [4.69, 9.17) is 28.9 Å². The smallest absolute Gasteiger partial charge is 0.139 e. The number of nitrogen functional groups attached to an aromatic ring is 1. The van der Waals surface area contributed by atoms with E-state index < -0.39 is 0 Å². The van der Waals surface area contributed by atoms with Crippen molar-refractivity contribution in [2.45, 2.75) is 6.92 Å². The summed E-state index contributed by atoms with van der Waals surface area (Å²) in [7, 11) is 0. The number of pyridine rings is 1. The zero-order valence-corrected chi connectivity index (χ0v) is 11.7. The Morgan fingerprint density at radius 1 is 1.11 bits per heavy atom. The van der Waals surface area contributed by atoms with E-state index >= 15 is 0 Å². The number of aromatic nitrogens is 2. The molecule has 2 N–H and O–H groups in total. The summed E-state index contributed by atoms with van der Waals surface area (Å²) in [5.41, 5.74) is 9.58. The molecule has 1 aromatic carbocycles. The second-order valence-corrected chi connectivity index (χ2v) is 5.31. The van der Waals surface area contributed by atoms with Gasteiger partial charge in [0.25, 0.3) is 0 Å². The maximum atomic E-state index is 6.14. The van der Waals surface area contributed by atoms with E-state index in [-0.39, 0.29) is 0 Å². The SMILES string of the molecule is Cc1ccn2c(N)c(-c3cc(Cl)cc(Cl)c3)nc2c1. The first-order valence-electron chi connectivity index (χ1n) is 5.75. The van der Waals surface area contributed by atoms with Crippen molar-refractivity contribution in [2.75, 3.05) is 5.73 Å². The molecule has 0 bridgehead atoms.